The summed E-state index contributed by atoms with van der Waals surface area (Å²) in [7, 11) is 0. The van der Waals surface area contributed by atoms with Gasteiger partial charge in [-0.3, -0.25) is 4.79 Å². The molecule has 1 saturated heterocycles. The Morgan fingerprint density at radius 3 is 2.60 bits per heavy atom. The molecule has 3 N–H and O–H groups in total. The number of nitrogens with two attached hydrogens (primary N) is 1. The van der Waals surface area contributed by atoms with Crippen LogP contribution in [-0.2, 0) is 11.2 Å². The summed E-state index contributed by atoms with van der Waals surface area (Å²) in [5.41, 5.74) is 6.09. The van der Waals surface area contributed by atoms with Crippen molar-refractivity contribution >= 4 is 5.91 Å². The number of carbonyl (C=O) groups is 1. The standard InChI is InChI=1S/C16H24N2O2/c17-16(19)12-14-3-5-15(6-4-14)20-11-1-2-13-7-9-18-10-8-13/h3-6,13,18H,1-2,7-12H2,(H2,17,19). The summed E-state index contributed by atoms with van der Waals surface area (Å²) >= 11 is 0. The van der Waals surface area contributed by atoms with Crippen molar-refractivity contribution in [3.63, 3.8) is 0 Å². The molecule has 20 heavy (non-hydrogen) atoms. The van der Waals surface area contributed by atoms with Gasteiger partial charge < -0.3 is 15.8 Å². The molecule has 1 aromatic rings. The van der Waals surface area contributed by atoms with Gasteiger partial charge in [-0.15, -0.1) is 0 Å². The predicted molar refractivity (Wildman–Crippen MR) is 79.7 cm³/mol. The second kappa shape index (κ2) is 7.90. The highest BCUT2D eigenvalue weighted by Crippen LogP contribution is 2.18. The van der Waals surface area contributed by atoms with Crippen molar-refractivity contribution in [2.24, 2.45) is 11.7 Å². The van der Waals surface area contributed by atoms with Crippen LogP contribution in [0.5, 0.6) is 5.75 Å². The average Bonchev–Trinajstić information content (AvgIpc) is 2.46. The van der Waals surface area contributed by atoms with Crippen molar-refractivity contribution in [3.8, 4) is 5.75 Å². The first-order valence-corrected chi connectivity index (χ1v) is 7.45. The van der Waals surface area contributed by atoms with Crippen LogP contribution in [0.1, 0.15) is 31.2 Å². The molecule has 0 atom stereocenters. The van der Waals surface area contributed by atoms with E-state index >= 15 is 0 Å². The topological polar surface area (TPSA) is 64.4 Å². The number of rotatable bonds is 7. The lowest BCUT2D eigenvalue weighted by Gasteiger charge is -2.22. The quantitative estimate of drug-likeness (QED) is 0.747. The fourth-order valence-corrected chi connectivity index (χ4v) is 2.64. The molecule has 1 aliphatic rings. The van der Waals surface area contributed by atoms with Gasteiger partial charge in [0.05, 0.1) is 13.0 Å². The summed E-state index contributed by atoms with van der Waals surface area (Å²) in [5, 5.41) is 3.39. The zero-order valence-corrected chi connectivity index (χ0v) is 11.9. The Morgan fingerprint density at radius 1 is 1.25 bits per heavy atom. The van der Waals surface area contributed by atoms with Gasteiger partial charge in [0.25, 0.3) is 0 Å². The van der Waals surface area contributed by atoms with Crippen molar-refractivity contribution in [3.05, 3.63) is 29.8 Å². The minimum atomic E-state index is -0.305. The number of ether oxygens (including phenoxy) is 1. The number of hydrogen-bond donors (Lipinski definition) is 2. The first-order chi connectivity index (χ1) is 9.74. The van der Waals surface area contributed by atoms with E-state index in [9.17, 15) is 4.79 Å². The fraction of sp³-hybridized carbons (Fsp3) is 0.562. The Bertz CT molecular complexity index is 411. The van der Waals surface area contributed by atoms with Crippen LogP contribution in [0.3, 0.4) is 0 Å². The summed E-state index contributed by atoms with van der Waals surface area (Å²) in [6.07, 6.45) is 5.23. The molecule has 1 heterocycles. The van der Waals surface area contributed by atoms with E-state index in [1.165, 1.54) is 19.3 Å². The summed E-state index contributed by atoms with van der Waals surface area (Å²) in [6.45, 7) is 3.08. The Kier molecular flexibility index (Phi) is 5.87. The molecule has 0 aromatic heterocycles. The molecule has 1 amide bonds. The molecule has 4 nitrogen and oxygen atoms in total. The van der Waals surface area contributed by atoms with Gasteiger partial charge in [-0.05, 0) is 62.4 Å². The molecule has 0 radical (unpaired) electrons. The minimum Gasteiger partial charge on any atom is -0.494 e. The van der Waals surface area contributed by atoms with E-state index in [2.05, 4.69) is 5.32 Å². The molecular formula is C16H24N2O2. The third-order valence-corrected chi connectivity index (χ3v) is 3.79. The number of amides is 1. The Hall–Kier alpha value is -1.55. The molecular weight excluding hydrogens is 252 g/mol. The van der Waals surface area contributed by atoms with Gasteiger partial charge in [-0.1, -0.05) is 12.1 Å². The molecule has 2 rings (SSSR count). The number of nitrogens with one attached hydrogen (secondary N) is 1. The van der Waals surface area contributed by atoms with Crippen molar-refractivity contribution in [1.82, 2.24) is 5.32 Å². The molecule has 110 valence electrons. The maximum Gasteiger partial charge on any atom is 0.221 e. The third kappa shape index (κ3) is 5.21. The second-order valence-corrected chi connectivity index (χ2v) is 5.47. The van der Waals surface area contributed by atoms with E-state index in [1.54, 1.807) is 0 Å². The number of carbonyl (C=O) groups excluding carboxylic acids is 1. The number of piperidine rings is 1. The fourth-order valence-electron chi connectivity index (χ4n) is 2.64. The van der Waals surface area contributed by atoms with Gasteiger partial charge in [0.15, 0.2) is 0 Å². The van der Waals surface area contributed by atoms with Gasteiger partial charge in [-0.25, -0.2) is 0 Å². The highest BCUT2D eigenvalue weighted by atomic mass is 16.5. The summed E-state index contributed by atoms with van der Waals surface area (Å²) in [5.74, 6) is 1.42. The predicted octanol–water partition coefficient (Wildman–Crippen LogP) is 1.87. The largest absolute Gasteiger partial charge is 0.494 e. The normalized spacial score (nSPS) is 16.0. The molecule has 0 aliphatic carbocycles. The van der Waals surface area contributed by atoms with E-state index in [1.807, 2.05) is 24.3 Å². The maximum absolute atomic E-state index is 10.8. The van der Waals surface area contributed by atoms with Crippen LogP contribution in [-0.4, -0.2) is 25.6 Å². The summed E-state index contributed by atoms with van der Waals surface area (Å²) in [4.78, 5) is 10.8. The summed E-state index contributed by atoms with van der Waals surface area (Å²) < 4.78 is 5.73. The lowest BCUT2D eigenvalue weighted by molar-refractivity contribution is -0.117. The van der Waals surface area contributed by atoms with E-state index in [0.717, 1.165) is 43.3 Å². The molecule has 1 aliphatic heterocycles. The van der Waals surface area contributed by atoms with Gasteiger partial charge in [0, 0.05) is 0 Å². The molecule has 0 spiro atoms. The SMILES string of the molecule is NC(=O)Cc1ccc(OCCCC2CCNCC2)cc1. The third-order valence-electron chi connectivity index (χ3n) is 3.79. The number of primary amides is 1. The molecule has 0 bridgehead atoms. The molecule has 1 aromatic carbocycles. The van der Waals surface area contributed by atoms with Crippen LogP contribution >= 0.6 is 0 Å². The first-order valence-electron chi connectivity index (χ1n) is 7.45. The van der Waals surface area contributed by atoms with Crippen LogP contribution in [0.2, 0.25) is 0 Å². The van der Waals surface area contributed by atoms with Crippen LogP contribution in [0.25, 0.3) is 0 Å². The number of benzene rings is 1. The van der Waals surface area contributed by atoms with Gasteiger partial charge in [0.2, 0.25) is 5.91 Å². The van der Waals surface area contributed by atoms with Crippen molar-refractivity contribution in [2.75, 3.05) is 19.7 Å². The van der Waals surface area contributed by atoms with E-state index in [0.29, 0.717) is 0 Å². The van der Waals surface area contributed by atoms with Crippen LogP contribution < -0.4 is 15.8 Å². The monoisotopic (exact) mass is 276 g/mol. The highest BCUT2D eigenvalue weighted by Gasteiger charge is 2.12. The van der Waals surface area contributed by atoms with Crippen LogP contribution in [0.15, 0.2) is 24.3 Å². The average molecular weight is 276 g/mol. The Labute approximate surface area is 120 Å². The molecule has 4 heteroatoms. The Morgan fingerprint density at radius 2 is 1.95 bits per heavy atom. The van der Waals surface area contributed by atoms with Crippen LogP contribution in [0, 0.1) is 5.92 Å². The van der Waals surface area contributed by atoms with E-state index in [-0.39, 0.29) is 12.3 Å². The van der Waals surface area contributed by atoms with Crippen molar-refractivity contribution < 1.29 is 9.53 Å². The molecule has 0 saturated carbocycles. The van der Waals surface area contributed by atoms with E-state index in [4.69, 9.17) is 10.5 Å². The lowest BCUT2D eigenvalue weighted by Crippen LogP contribution is -2.27. The maximum atomic E-state index is 10.8. The van der Waals surface area contributed by atoms with Crippen molar-refractivity contribution in [1.29, 1.82) is 0 Å². The van der Waals surface area contributed by atoms with Crippen molar-refractivity contribution in [2.45, 2.75) is 32.1 Å². The molecule has 0 unspecified atom stereocenters. The smallest absolute Gasteiger partial charge is 0.221 e. The lowest BCUT2D eigenvalue weighted by atomic mass is 9.93. The van der Waals surface area contributed by atoms with Gasteiger partial charge in [0.1, 0.15) is 5.75 Å². The second-order valence-electron chi connectivity index (χ2n) is 5.47. The van der Waals surface area contributed by atoms with Gasteiger partial charge >= 0.3 is 0 Å². The van der Waals surface area contributed by atoms with Gasteiger partial charge in [-0.2, -0.15) is 0 Å². The number of hydrogen-bond acceptors (Lipinski definition) is 3. The highest BCUT2D eigenvalue weighted by molar-refractivity contribution is 5.76. The van der Waals surface area contributed by atoms with E-state index < -0.39 is 0 Å². The summed E-state index contributed by atoms with van der Waals surface area (Å²) in [6, 6.07) is 7.60. The van der Waals surface area contributed by atoms with Crippen LogP contribution in [0.4, 0.5) is 0 Å². The first kappa shape index (κ1) is 14.9. The minimum absolute atomic E-state index is 0.288. The zero-order valence-electron chi connectivity index (χ0n) is 11.9. The molecule has 1 fully saturated rings. The zero-order chi connectivity index (χ0) is 14.2. The Balaban J connectivity index is 1.64.